The van der Waals surface area contributed by atoms with Crippen molar-refractivity contribution in [2.24, 2.45) is 5.92 Å². The second kappa shape index (κ2) is 9.08. The van der Waals surface area contributed by atoms with Crippen LogP contribution in [0.25, 0.3) is 0 Å². The van der Waals surface area contributed by atoms with Crippen molar-refractivity contribution in [3.63, 3.8) is 0 Å². The summed E-state index contributed by atoms with van der Waals surface area (Å²) >= 11 is 0. The van der Waals surface area contributed by atoms with E-state index in [4.69, 9.17) is 4.74 Å². The summed E-state index contributed by atoms with van der Waals surface area (Å²) in [6, 6.07) is 2.33. The number of aliphatic hydroxyl groups is 1. The minimum atomic E-state index is -1.69. The van der Waals surface area contributed by atoms with Crippen LogP contribution in [0.2, 0.25) is 0 Å². The zero-order chi connectivity index (χ0) is 25.5. The lowest BCUT2D eigenvalue weighted by atomic mass is 9.76. The quantitative estimate of drug-likeness (QED) is 0.366. The molecule has 0 bridgehead atoms. The number of hydrogen-bond acceptors (Lipinski definition) is 6. The molecule has 0 radical (unpaired) electrons. The predicted molar refractivity (Wildman–Crippen MR) is 127 cm³/mol. The highest BCUT2D eigenvalue weighted by Crippen LogP contribution is 2.34. The number of allylic oxidation sites excluding steroid dienone is 3. The predicted octanol–water partition coefficient (Wildman–Crippen LogP) is 0.989. The molecule has 3 heterocycles. The minimum absolute atomic E-state index is 0.0267. The molecule has 36 heavy (non-hydrogen) atoms. The van der Waals surface area contributed by atoms with Gasteiger partial charge in [0.15, 0.2) is 11.6 Å². The molecule has 0 spiro atoms. The van der Waals surface area contributed by atoms with Gasteiger partial charge >= 0.3 is 6.03 Å². The maximum Gasteiger partial charge on any atom is 0.323 e. The first-order valence-electron chi connectivity index (χ1n) is 11.9. The van der Waals surface area contributed by atoms with E-state index < -0.39 is 34.8 Å². The van der Waals surface area contributed by atoms with Gasteiger partial charge < -0.3 is 25.4 Å². The Labute approximate surface area is 207 Å². The van der Waals surface area contributed by atoms with E-state index in [1.165, 1.54) is 18.1 Å². The van der Waals surface area contributed by atoms with Gasteiger partial charge in [-0.15, -0.1) is 0 Å². The van der Waals surface area contributed by atoms with E-state index in [1.54, 1.807) is 6.07 Å². The number of ether oxygens (including phenoxy) is 1. The molecule has 5 rings (SSSR count). The number of hydrogen-bond donors (Lipinski definition) is 4. The second-order valence-electron chi connectivity index (χ2n) is 9.56. The van der Waals surface area contributed by atoms with Crippen molar-refractivity contribution in [1.82, 2.24) is 20.9 Å². The Morgan fingerprint density at radius 1 is 1.25 bits per heavy atom. The van der Waals surface area contributed by atoms with Crippen LogP contribution in [0, 0.1) is 23.6 Å². The molecule has 4 amide bonds. The van der Waals surface area contributed by atoms with E-state index in [2.05, 4.69) is 27.8 Å². The molecule has 1 unspecified atom stereocenters. The number of urea groups is 1. The van der Waals surface area contributed by atoms with E-state index in [9.17, 15) is 23.9 Å². The topological polar surface area (TPSA) is 120 Å². The largest absolute Gasteiger partial charge is 0.494 e. The Bertz CT molecular complexity index is 1260. The van der Waals surface area contributed by atoms with Crippen LogP contribution in [-0.4, -0.2) is 65.7 Å². The summed E-state index contributed by atoms with van der Waals surface area (Å²) in [6.45, 7) is 1.35. The number of halogens is 1. The number of benzene rings is 1. The molecule has 10 heteroatoms. The lowest BCUT2D eigenvalue weighted by molar-refractivity contribution is -0.122. The Morgan fingerprint density at radius 2 is 2.03 bits per heavy atom. The number of fused-ring (bicyclic) bond motifs is 1. The molecule has 3 aliphatic heterocycles. The molecule has 2 saturated heterocycles. The first-order chi connectivity index (χ1) is 17.2. The normalized spacial score (nSPS) is 26.5. The van der Waals surface area contributed by atoms with Crippen LogP contribution in [0.4, 0.5) is 9.18 Å². The van der Waals surface area contributed by atoms with Gasteiger partial charge in [0, 0.05) is 18.0 Å². The molecular formula is C26H27FN4O5. The summed E-state index contributed by atoms with van der Waals surface area (Å²) in [4.78, 5) is 39.1. The summed E-state index contributed by atoms with van der Waals surface area (Å²) in [6.07, 6.45) is 7.59. The maximum absolute atomic E-state index is 14.7. The summed E-state index contributed by atoms with van der Waals surface area (Å²) in [7, 11) is 1.31. The number of amides is 4. The molecule has 0 saturated carbocycles. The van der Waals surface area contributed by atoms with Gasteiger partial charge in [-0.1, -0.05) is 36.1 Å². The molecule has 1 aromatic carbocycles. The van der Waals surface area contributed by atoms with E-state index in [1.807, 2.05) is 18.2 Å². The number of methoxy groups -OCH3 is 1. The molecule has 1 aromatic rings. The van der Waals surface area contributed by atoms with Crippen molar-refractivity contribution in [2.45, 2.75) is 36.9 Å². The van der Waals surface area contributed by atoms with Gasteiger partial charge in [0.2, 0.25) is 5.54 Å². The Hall–Kier alpha value is -3.68. The number of carbonyl (C=O) groups is 3. The van der Waals surface area contributed by atoms with Gasteiger partial charge in [0.05, 0.1) is 24.8 Å². The Kier molecular flexibility index (Phi) is 6.06. The van der Waals surface area contributed by atoms with Crippen LogP contribution in [0.15, 0.2) is 35.9 Å². The van der Waals surface area contributed by atoms with Crippen molar-refractivity contribution in [2.75, 3.05) is 26.7 Å². The minimum Gasteiger partial charge on any atom is -0.494 e. The van der Waals surface area contributed by atoms with Crippen molar-refractivity contribution in [1.29, 1.82) is 0 Å². The summed E-state index contributed by atoms with van der Waals surface area (Å²) in [5.41, 5.74) is -1.45. The van der Waals surface area contributed by atoms with Crippen molar-refractivity contribution < 1.29 is 28.6 Å². The highest BCUT2D eigenvalue weighted by Gasteiger charge is 2.49. The number of nitrogens with zero attached hydrogens (tertiary/aromatic N) is 1. The fourth-order valence-corrected chi connectivity index (χ4v) is 5.22. The molecule has 1 aliphatic carbocycles. The second-order valence-corrected chi connectivity index (χ2v) is 9.56. The first kappa shape index (κ1) is 24.0. The van der Waals surface area contributed by atoms with Crippen molar-refractivity contribution in [3.05, 3.63) is 52.9 Å². The third-order valence-electron chi connectivity index (χ3n) is 7.32. The molecule has 4 N–H and O–H groups in total. The van der Waals surface area contributed by atoms with Gasteiger partial charge in [-0.05, 0) is 44.0 Å². The van der Waals surface area contributed by atoms with E-state index >= 15 is 0 Å². The van der Waals surface area contributed by atoms with Crippen LogP contribution < -0.4 is 20.7 Å². The third-order valence-corrected chi connectivity index (χ3v) is 7.32. The highest BCUT2D eigenvalue weighted by atomic mass is 19.1. The maximum atomic E-state index is 14.7. The number of rotatable bonds is 4. The van der Waals surface area contributed by atoms with Gasteiger partial charge in [-0.25, -0.2) is 9.18 Å². The highest BCUT2D eigenvalue weighted by molar-refractivity contribution is 6.10. The zero-order valence-electron chi connectivity index (χ0n) is 19.8. The van der Waals surface area contributed by atoms with Crippen molar-refractivity contribution in [3.8, 4) is 17.6 Å². The average Bonchev–Trinajstić information content (AvgIpc) is 3.33. The van der Waals surface area contributed by atoms with E-state index in [0.717, 1.165) is 13.1 Å². The van der Waals surface area contributed by atoms with Crippen molar-refractivity contribution >= 4 is 17.8 Å². The Morgan fingerprint density at radius 3 is 2.67 bits per heavy atom. The first-order valence-corrected chi connectivity index (χ1v) is 11.9. The summed E-state index contributed by atoms with van der Waals surface area (Å²) in [5, 5.41) is 19.0. The van der Waals surface area contributed by atoms with Gasteiger partial charge in [-0.2, -0.15) is 0 Å². The molecule has 0 aromatic heterocycles. The molecule has 4 aliphatic rings. The monoisotopic (exact) mass is 494 g/mol. The number of nitrogens with one attached hydrogen (secondary N) is 3. The fraction of sp³-hybridized carbons (Fsp3) is 0.423. The standard InChI is InChI=1S/C26H27FN4O5/c1-36-19-7-4-17-14-31(22(32)20(17)21(19)27)15-25(23(33)29-24(34)30-25)9-8-16-2-5-18(6-3-16)26(35)10-12-28-13-11-26/h2-5,7,18,28,35H,6,10-15H2,1H3,(H2,29,30,33,34)/t18?,25-/m1/s1. The third kappa shape index (κ3) is 4.14. The molecule has 188 valence electrons. The van der Waals surface area contributed by atoms with E-state index in [-0.39, 0.29) is 30.3 Å². The molecule has 2 atom stereocenters. The zero-order valence-corrected chi connectivity index (χ0v) is 19.8. The lowest BCUT2D eigenvalue weighted by Crippen LogP contribution is -2.54. The Balaban J connectivity index is 1.36. The van der Waals surface area contributed by atoms with Crippen LogP contribution in [0.5, 0.6) is 5.75 Å². The van der Waals surface area contributed by atoms with Crippen LogP contribution >= 0.6 is 0 Å². The van der Waals surface area contributed by atoms with Gasteiger partial charge in [0.1, 0.15) is 0 Å². The van der Waals surface area contributed by atoms with Gasteiger partial charge in [0.25, 0.3) is 11.8 Å². The molecule has 2 fully saturated rings. The molecule has 9 nitrogen and oxygen atoms in total. The van der Waals surface area contributed by atoms with Gasteiger partial charge in [-0.3, -0.25) is 14.9 Å². The van der Waals surface area contributed by atoms with Crippen LogP contribution in [0.1, 0.15) is 35.2 Å². The fourth-order valence-electron chi connectivity index (χ4n) is 5.22. The lowest BCUT2D eigenvalue weighted by Gasteiger charge is -2.38. The summed E-state index contributed by atoms with van der Waals surface area (Å²) < 4.78 is 19.7. The molecular weight excluding hydrogens is 467 g/mol. The SMILES string of the molecule is COc1ccc2c(c1F)C(=O)N(C[C@@]1(C#CC3=CCC(C4(O)CCNCC4)C=C3)NC(=O)NC1=O)C2. The average molecular weight is 495 g/mol. The van der Waals surface area contributed by atoms with Crippen LogP contribution in [0.3, 0.4) is 0 Å². The smallest absolute Gasteiger partial charge is 0.323 e. The van der Waals surface area contributed by atoms with E-state index in [0.29, 0.717) is 30.4 Å². The number of piperidine rings is 1. The number of carbonyl (C=O) groups excluding carboxylic acids is 3. The van der Waals surface area contributed by atoms with Crippen LogP contribution in [-0.2, 0) is 11.3 Å². The summed E-state index contributed by atoms with van der Waals surface area (Å²) in [5.74, 6) is 3.70. The number of imide groups is 1.